The van der Waals surface area contributed by atoms with Gasteiger partial charge in [0, 0.05) is 22.6 Å². The van der Waals surface area contributed by atoms with Crippen LogP contribution in [0.25, 0.3) is 76.8 Å². The summed E-state index contributed by atoms with van der Waals surface area (Å²) in [6.07, 6.45) is 0. The molecular formula is C60H39NO2. The minimum absolute atomic E-state index is 0.692. The minimum Gasteiger partial charge on any atom is -0.453 e. The van der Waals surface area contributed by atoms with Crippen molar-refractivity contribution in [2.45, 2.75) is 0 Å². The van der Waals surface area contributed by atoms with Gasteiger partial charge in [0.2, 0.25) is 0 Å². The molecule has 11 aromatic rings. The fourth-order valence-corrected chi connectivity index (χ4v) is 9.26. The molecule has 0 unspecified atom stereocenters. The van der Waals surface area contributed by atoms with Crippen molar-refractivity contribution < 1.29 is 9.47 Å². The van der Waals surface area contributed by atoms with Gasteiger partial charge < -0.3 is 14.4 Å². The Labute approximate surface area is 366 Å². The molecule has 0 fully saturated rings. The van der Waals surface area contributed by atoms with Crippen molar-refractivity contribution in [2.24, 2.45) is 0 Å². The van der Waals surface area contributed by atoms with Crippen LogP contribution in [0.2, 0.25) is 0 Å². The van der Waals surface area contributed by atoms with Crippen molar-refractivity contribution >= 4 is 49.4 Å². The zero-order chi connectivity index (χ0) is 41.7. The van der Waals surface area contributed by atoms with Crippen molar-refractivity contribution in [3.05, 3.63) is 237 Å². The van der Waals surface area contributed by atoms with Crippen molar-refractivity contribution in [1.82, 2.24) is 0 Å². The lowest BCUT2D eigenvalue weighted by molar-refractivity contribution is 0.440. The Kier molecular flexibility index (Phi) is 8.83. The molecule has 296 valence electrons. The lowest BCUT2D eigenvalue weighted by Gasteiger charge is -2.26. The van der Waals surface area contributed by atoms with E-state index in [-0.39, 0.29) is 0 Å². The average molecular weight is 806 g/mol. The summed E-state index contributed by atoms with van der Waals surface area (Å²) in [7, 11) is 0. The third-order valence-electron chi connectivity index (χ3n) is 12.3. The molecule has 0 radical (unpaired) electrons. The average Bonchev–Trinajstić information content (AvgIpc) is 3.52. The molecule has 1 aliphatic heterocycles. The first-order valence-electron chi connectivity index (χ1n) is 21.4. The summed E-state index contributed by atoms with van der Waals surface area (Å²) in [5, 5.41) is 7.08. The standard InChI is InChI=1S/C60H39NO2/c1-2-13-40(14-3-1)41-29-33-48(34-30-41)61(49-35-31-42(32-36-49)55-39-47-15-4-5-22-51(47)53-23-6-7-24-54(53)55)50-21-9-19-45(38-50)44-18-8-20-46(37-44)52-25-12-28-58-60(52)63-57-27-11-17-43-16-10-26-56(62-58)59(43)57/h1-39H. The quantitative estimate of drug-likeness (QED) is 0.150. The Morgan fingerprint density at radius 3 is 1.59 bits per heavy atom. The third kappa shape index (κ3) is 6.55. The summed E-state index contributed by atoms with van der Waals surface area (Å²) in [6, 6.07) is 84.1. The van der Waals surface area contributed by atoms with Gasteiger partial charge in [-0.1, -0.05) is 170 Å². The number of fused-ring (bicyclic) bond motifs is 4. The molecule has 0 saturated carbocycles. The van der Waals surface area contributed by atoms with E-state index in [1.165, 1.54) is 43.8 Å². The molecule has 63 heavy (non-hydrogen) atoms. The predicted molar refractivity (Wildman–Crippen MR) is 262 cm³/mol. The molecule has 11 aromatic carbocycles. The van der Waals surface area contributed by atoms with Crippen molar-refractivity contribution in [3.63, 3.8) is 0 Å². The van der Waals surface area contributed by atoms with Gasteiger partial charge in [-0.25, -0.2) is 0 Å². The van der Waals surface area contributed by atoms with Crippen molar-refractivity contribution in [3.8, 4) is 67.5 Å². The van der Waals surface area contributed by atoms with Crippen LogP contribution >= 0.6 is 0 Å². The highest BCUT2D eigenvalue weighted by atomic mass is 16.5. The summed E-state index contributed by atoms with van der Waals surface area (Å²) < 4.78 is 13.3. The Balaban J connectivity index is 0.937. The van der Waals surface area contributed by atoms with Crippen molar-refractivity contribution in [2.75, 3.05) is 4.90 Å². The molecule has 1 aliphatic rings. The summed E-state index contributed by atoms with van der Waals surface area (Å²) in [6.45, 7) is 0. The maximum atomic E-state index is 6.74. The molecule has 0 amide bonds. The maximum Gasteiger partial charge on any atom is 0.177 e. The number of rotatable bonds is 7. The van der Waals surface area contributed by atoms with Gasteiger partial charge in [0.15, 0.2) is 11.5 Å². The van der Waals surface area contributed by atoms with Crippen LogP contribution in [0.15, 0.2) is 237 Å². The van der Waals surface area contributed by atoms with Crippen LogP contribution in [0.5, 0.6) is 23.0 Å². The largest absolute Gasteiger partial charge is 0.453 e. The second-order valence-corrected chi connectivity index (χ2v) is 16.1. The Bertz CT molecular complexity index is 3500. The summed E-state index contributed by atoms with van der Waals surface area (Å²) >= 11 is 0. The lowest BCUT2D eigenvalue weighted by Crippen LogP contribution is -2.10. The molecule has 0 saturated heterocycles. The molecule has 0 atom stereocenters. The van der Waals surface area contributed by atoms with Crippen LogP contribution in [0.3, 0.4) is 0 Å². The van der Waals surface area contributed by atoms with Gasteiger partial charge in [-0.3, -0.25) is 0 Å². The third-order valence-corrected chi connectivity index (χ3v) is 12.3. The van der Waals surface area contributed by atoms with Crippen LogP contribution in [0, 0.1) is 0 Å². The summed E-state index contributed by atoms with van der Waals surface area (Å²) in [5.74, 6) is 2.98. The first kappa shape index (κ1) is 36.5. The van der Waals surface area contributed by atoms with Gasteiger partial charge in [0.05, 0.1) is 5.39 Å². The van der Waals surface area contributed by atoms with Gasteiger partial charge in [-0.2, -0.15) is 0 Å². The first-order chi connectivity index (χ1) is 31.2. The second kappa shape index (κ2) is 15.3. The van der Waals surface area contributed by atoms with E-state index in [2.05, 4.69) is 205 Å². The monoisotopic (exact) mass is 805 g/mol. The molecule has 0 aliphatic carbocycles. The van der Waals surface area contributed by atoms with E-state index in [1.807, 2.05) is 36.4 Å². The van der Waals surface area contributed by atoms with Crippen molar-refractivity contribution in [1.29, 1.82) is 0 Å². The number of benzene rings is 11. The van der Waals surface area contributed by atoms with E-state index in [4.69, 9.17) is 9.47 Å². The Hall–Kier alpha value is -8.40. The van der Waals surface area contributed by atoms with E-state index in [1.54, 1.807) is 0 Å². The van der Waals surface area contributed by atoms with Crippen LogP contribution < -0.4 is 14.4 Å². The Morgan fingerprint density at radius 1 is 0.270 bits per heavy atom. The molecule has 0 N–H and O–H groups in total. The smallest absolute Gasteiger partial charge is 0.177 e. The molecule has 0 spiro atoms. The van der Waals surface area contributed by atoms with E-state index in [0.29, 0.717) is 11.5 Å². The van der Waals surface area contributed by atoms with Crippen LogP contribution in [0.1, 0.15) is 0 Å². The highest BCUT2D eigenvalue weighted by Gasteiger charge is 2.22. The topological polar surface area (TPSA) is 21.7 Å². The Morgan fingerprint density at radius 2 is 0.810 bits per heavy atom. The van der Waals surface area contributed by atoms with Gasteiger partial charge in [-0.05, 0) is 133 Å². The SMILES string of the molecule is c1ccc(-c2ccc(N(c3ccc(-c4cc5ccccc5c5ccccc45)cc3)c3cccc(-c4cccc(-c5cccc6c5Oc5cccc7cccc(c57)O6)c4)c3)cc2)cc1. The molecule has 1 heterocycles. The van der Waals surface area contributed by atoms with Gasteiger partial charge in [0.25, 0.3) is 0 Å². The van der Waals surface area contributed by atoms with Gasteiger partial charge in [-0.15, -0.1) is 0 Å². The number of ether oxygens (including phenoxy) is 2. The number of hydrogen-bond donors (Lipinski definition) is 0. The van der Waals surface area contributed by atoms with Crippen LogP contribution in [-0.2, 0) is 0 Å². The van der Waals surface area contributed by atoms with Crippen LogP contribution in [0.4, 0.5) is 17.1 Å². The summed E-state index contributed by atoms with van der Waals surface area (Å²) in [5.41, 5.74) is 12.2. The van der Waals surface area contributed by atoms with Crippen LogP contribution in [-0.4, -0.2) is 0 Å². The summed E-state index contributed by atoms with van der Waals surface area (Å²) in [4.78, 5) is 2.35. The zero-order valence-corrected chi connectivity index (χ0v) is 34.3. The number of nitrogens with zero attached hydrogens (tertiary/aromatic N) is 1. The molecule has 12 rings (SSSR count). The second-order valence-electron chi connectivity index (χ2n) is 16.1. The number of hydrogen-bond acceptors (Lipinski definition) is 3. The molecule has 3 heteroatoms. The van der Waals surface area contributed by atoms with Gasteiger partial charge in [0.1, 0.15) is 11.5 Å². The lowest BCUT2D eigenvalue weighted by atomic mass is 9.93. The van der Waals surface area contributed by atoms with E-state index in [9.17, 15) is 0 Å². The predicted octanol–water partition coefficient (Wildman–Crippen LogP) is 17.2. The highest BCUT2D eigenvalue weighted by Crippen LogP contribution is 2.50. The van der Waals surface area contributed by atoms with E-state index in [0.717, 1.165) is 61.6 Å². The van der Waals surface area contributed by atoms with Gasteiger partial charge >= 0.3 is 0 Å². The molecular weight excluding hydrogens is 767 g/mol. The first-order valence-corrected chi connectivity index (χ1v) is 21.4. The number of anilines is 3. The number of para-hydroxylation sites is 1. The molecule has 0 bridgehead atoms. The fourth-order valence-electron chi connectivity index (χ4n) is 9.26. The maximum absolute atomic E-state index is 6.74. The minimum atomic E-state index is 0.692. The van der Waals surface area contributed by atoms with E-state index < -0.39 is 0 Å². The zero-order valence-electron chi connectivity index (χ0n) is 34.3. The fraction of sp³-hybridized carbons (Fsp3) is 0. The molecule has 0 aromatic heterocycles. The van der Waals surface area contributed by atoms with E-state index >= 15 is 0 Å². The highest BCUT2D eigenvalue weighted by molar-refractivity contribution is 6.13. The normalized spacial score (nSPS) is 11.7. The molecule has 3 nitrogen and oxygen atoms in total.